The predicted octanol–water partition coefficient (Wildman–Crippen LogP) is 1.88. The second-order valence-corrected chi connectivity index (χ2v) is 6.42. The molecule has 2 aromatic heterocycles. The summed E-state index contributed by atoms with van der Waals surface area (Å²) < 4.78 is 7.14. The molecule has 1 aliphatic heterocycles. The van der Waals surface area contributed by atoms with Gasteiger partial charge >= 0.3 is 0 Å². The number of hydrogen-bond donors (Lipinski definition) is 0. The summed E-state index contributed by atoms with van der Waals surface area (Å²) in [7, 11) is 0. The van der Waals surface area contributed by atoms with Gasteiger partial charge in [-0.15, -0.1) is 0 Å². The third-order valence-corrected chi connectivity index (χ3v) is 4.46. The lowest BCUT2D eigenvalue weighted by atomic mass is 10.2. The maximum atomic E-state index is 5.21. The van der Waals surface area contributed by atoms with Crippen molar-refractivity contribution < 1.29 is 4.52 Å². The smallest absolute Gasteiger partial charge is 0.240 e. The summed E-state index contributed by atoms with van der Waals surface area (Å²) in [4.78, 5) is 9.10. The topological polar surface area (TPSA) is 63.2 Å². The van der Waals surface area contributed by atoms with E-state index >= 15 is 0 Å². The molecule has 3 heterocycles. The molecule has 1 fully saturated rings. The Kier molecular flexibility index (Phi) is 4.58. The second-order valence-electron chi connectivity index (χ2n) is 6.42. The van der Waals surface area contributed by atoms with Gasteiger partial charge in [-0.25, -0.2) is 4.68 Å². The van der Waals surface area contributed by atoms with Crippen LogP contribution in [0.2, 0.25) is 0 Å². The number of aryl methyl sites for hydroxylation is 1. The Morgan fingerprint density at radius 1 is 1.00 bits per heavy atom. The zero-order valence-corrected chi connectivity index (χ0v) is 14.4. The minimum atomic E-state index is 0.698. The first kappa shape index (κ1) is 16.0. The van der Waals surface area contributed by atoms with E-state index in [9.17, 15) is 0 Å². The van der Waals surface area contributed by atoms with Crippen molar-refractivity contribution in [2.75, 3.05) is 26.2 Å². The molecule has 3 aromatic rings. The molecule has 1 aliphatic rings. The molecule has 25 heavy (non-hydrogen) atoms. The van der Waals surface area contributed by atoms with Crippen molar-refractivity contribution in [3.8, 4) is 5.69 Å². The summed E-state index contributed by atoms with van der Waals surface area (Å²) in [6.07, 6.45) is 4.07. The average molecular weight is 338 g/mol. The summed E-state index contributed by atoms with van der Waals surface area (Å²) in [6.45, 7) is 7.59. The van der Waals surface area contributed by atoms with Crippen molar-refractivity contribution in [3.63, 3.8) is 0 Å². The van der Waals surface area contributed by atoms with Gasteiger partial charge in [0.1, 0.15) is 0 Å². The zero-order valence-electron chi connectivity index (χ0n) is 14.4. The molecule has 0 aliphatic carbocycles. The van der Waals surface area contributed by atoms with Gasteiger partial charge in [0.15, 0.2) is 5.82 Å². The van der Waals surface area contributed by atoms with E-state index in [1.165, 1.54) is 5.56 Å². The molecule has 0 unspecified atom stereocenters. The number of hydrogen-bond acceptors (Lipinski definition) is 6. The maximum Gasteiger partial charge on any atom is 0.240 e. The fourth-order valence-corrected chi connectivity index (χ4v) is 3.12. The molecular weight excluding hydrogens is 316 g/mol. The molecule has 0 spiro atoms. The molecule has 4 rings (SSSR count). The summed E-state index contributed by atoms with van der Waals surface area (Å²) in [5.41, 5.74) is 2.33. The number of aromatic nitrogens is 4. The summed E-state index contributed by atoms with van der Waals surface area (Å²) in [5, 5.41) is 8.32. The van der Waals surface area contributed by atoms with Crippen molar-refractivity contribution in [3.05, 3.63) is 60.0 Å². The van der Waals surface area contributed by atoms with Crippen LogP contribution in [-0.4, -0.2) is 55.9 Å². The van der Waals surface area contributed by atoms with Gasteiger partial charge in [0.25, 0.3) is 0 Å². The monoisotopic (exact) mass is 338 g/mol. The quantitative estimate of drug-likeness (QED) is 0.708. The first-order valence-corrected chi connectivity index (χ1v) is 8.59. The van der Waals surface area contributed by atoms with Crippen LogP contribution in [0.4, 0.5) is 0 Å². The van der Waals surface area contributed by atoms with Crippen LogP contribution in [0.3, 0.4) is 0 Å². The van der Waals surface area contributed by atoms with Gasteiger partial charge in [-0.3, -0.25) is 9.80 Å². The van der Waals surface area contributed by atoms with Crippen LogP contribution >= 0.6 is 0 Å². The Morgan fingerprint density at radius 3 is 2.40 bits per heavy atom. The van der Waals surface area contributed by atoms with Crippen LogP contribution in [-0.2, 0) is 13.1 Å². The van der Waals surface area contributed by atoms with Crippen LogP contribution in [0.25, 0.3) is 5.69 Å². The average Bonchev–Trinajstić information content (AvgIpc) is 3.27. The van der Waals surface area contributed by atoms with Crippen LogP contribution in [0, 0.1) is 6.92 Å². The van der Waals surface area contributed by atoms with Gasteiger partial charge < -0.3 is 4.52 Å². The van der Waals surface area contributed by atoms with Crippen LogP contribution in [0.5, 0.6) is 0 Å². The van der Waals surface area contributed by atoms with Crippen molar-refractivity contribution in [2.45, 2.75) is 20.0 Å². The molecule has 0 radical (unpaired) electrons. The van der Waals surface area contributed by atoms with Crippen LogP contribution in [0.1, 0.15) is 17.3 Å². The lowest BCUT2D eigenvalue weighted by molar-refractivity contribution is 0.112. The highest BCUT2D eigenvalue weighted by molar-refractivity contribution is 5.30. The summed E-state index contributed by atoms with van der Waals surface area (Å²) in [5.74, 6) is 1.40. The highest BCUT2D eigenvalue weighted by Gasteiger charge is 2.19. The van der Waals surface area contributed by atoms with Crippen LogP contribution in [0.15, 0.2) is 47.2 Å². The molecular formula is C18H22N6O. The highest BCUT2D eigenvalue weighted by Crippen LogP contribution is 2.12. The highest BCUT2D eigenvalue weighted by atomic mass is 16.5. The minimum Gasteiger partial charge on any atom is -0.338 e. The normalized spacial score (nSPS) is 16.4. The fraction of sp³-hybridized carbons (Fsp3) is 0.389. The molecule has 1 saturated heterocycles. The van der Waals surface area contributed by atoms with Crippen LogP contribution < -0.4 is 0 Å². The van der Waals surface area contributed by atoms with Gasteiger partial charge in [0.2, 0.25) is 5.89 Å². The zero-order chi connectivity index (χ0) is 17.1. The number of piperazine rings is 1. The van der Waals surface area contributed by atoms with Gasteiger partial charge in [-0.1, -0.05) is 23.4 Å². The number of rotatable bonds is 5. The van der Waals surface area contributed by atoms with E-state index in [1.807, 2.05) is 36.0 Å². The van der Waals surface area contributed by atoms with Gasteiger partial charge in [-0.2, -0.15) is 10.1 Å². The molecule has 7 nitrogen and oxygen atoms in total. The SMILES string of the molecule is Cc1noc(CN2CCN(Cc3cnn(-c4ccccc4)c3)CC2)n1. The molecule has 0 amide bonds. The second kappa shape index (κ2) is 7.16. The summed E-state index contributed by atoms with van der Waals surface area (Å²) >= 11 is 0. The van der Waals surface area contributed by atoms with Gasteiger partial charge in [0, 0.05) is 44.5 Å². The molecule has 7 heteroatoms. The molecule has 0 saturated carbocycles. The van der Waals surface area contributed by atoms with Crippen molar-refractivity contribution in [2.24, 2.45) is 0 Å². The molecule has 130 valence electrons. The number of para-hydroxylation sites is 1. The van der Waals surface area contributed by atoms with Crippen molar-refractivity contribution >= 4 is 0 Å². The van der Waals surface area contributed by atoms with Gasteiger partial charge in [-0.05, 0) is 19.1 Å². The third kappa shape index (κ3) is 3.94. The Balaban J connectivity index is 1.29. The molecule has 0 N–H and O–H groups in total. The fourth-order valence-electron chi connectivity index (χ4n) is 3.12. The molecule has 1 aromatic carbocycles. The lowest BCUT2D eigenvalue weighted by Crippen LogP contribution is -2.45. The van der Waals surface area contributed by atoms with E-state index < -0.39 is 0 Å². The Morgan fingerprint density at radius 2 is 1.72 bits per heavy atom. The minimum absolute atomic E-state index is 0.698. The third-order valence-electron chi connectivity index (χ3n) is 4.46. The first-order valence-electron chi connectivity index (χ1n) is 8.59. The number of nitrogens with zero attached hydrogens (tertiary/aromatic N) is 6. The summed E-state index contributed by atoms with van der Waals surface area (Å²) in [6, 6.07) is 10.2. The van der Waals surface area contributed by atoms with Gasteiger partial charge in [0.05, 0.1) is 18.4 Å². The Hall–Kier alpha value is -2.51. The Bertz CT molecular complexity index is 804. The van der Waals surface area contributed by atoms with E-state index in [2.05, 4.69) is 43.4 Å². The molecule has 0 atom stereocenters. The van der Waals surface area contributed by atoms with E-state index in [4.69, 9.17) is 4.52 Å². The van der Waals surface area contributed by atoms with E-state index in [-0.39, 0.29) is 0 Å². The standard InChI is InChI=1S/C18H22N6O/c1-15-20-18(25-21-15)14-23-9-7-22(8-10-23)12-16-11-19-24(13-16)17-5-3-2-4-6-17/h2-6,11,13H,7-10,12,14H2,1H3. The number of benzene rings is 1. The Labute approximate surface area is 146 Å². The van der Waals surface area contributed by atoms with Crippen molar-refractivity contribution in [1.29, 1.82) is 0 Å². The molecule has 0 bridgehead atoms. The first-order chi connectivity index (χ1) is 12.3. The largest absolute Gasteiger partial charge is 0.338 e. The van der Waals surface area contributed by atoms with E-state index in [0.29, 0.717) is 11.7 Å². The maximum absolute atomic E-state index is 5.21. The van der Waals surface area contributed by atoms with Crippen molar-refractivity contribution in [1.82, 2.24) is 29.7 Å². The van der Waals surface area contributed by atoms with E-state index in [0.717, 1.165) is 45.0 Å². The van der Waals surface area contributed by atoms with E-state index in [1.54, 1.807) is 0 Å². The predicted molar refractivity (Wildman–Crippen MR) is 93.2 cm³/mol. The lowest BCUT2D eigenvalue weighted by Gasteiger charge is -2.33.